The molecule has 0 radical (unpaired) electrons. The lowest BCUT2D eigenvalue weighted by atomic mass is 10.1. The number of nitrogen functional groups attached to an aromatic ring is 1. The van der Waals surface area contributed by atoms with Crippen molar-refractivity contribution in [2.24, 2.45) is 0 Å². The Kier molecular flexibility index (Phi) is 5.06. The first-order chi connectivity index (χ1) is 12.9. The van der Waals surface area contributed by atoms with Crippen molar-refractivity contribution in [3.63, 3.8) is 0 Å². The summed E-state index contributed by atoms with van der Waals surface area (Å²) in [5.74, 6) is -0.405. The number of aromatic nitrogens is 2. The van der Waals surface area contributed by atoms with Gasteiger partial charge in [-0.1, -0.05) is 6.07 Å². The lowest BCUT2D eigenvalue weighted by Crippen LogP contribution is -2.59. The number of piperazine rings is 1. The molecule has 1 saturated heterocycles. The molecule has 0 saturated carbocycles. The first-order valence-electron chi connectivity index (χ1n) is 8.38. The number of benzene rings is 1. The predicted molar refractivity (Wildman–Crippen MR) is 96.6 cm³/mol. The SMILES string of the molecule is CNC(=O)CC1C(=O)N(Cc2ccc3c(N)ncnc3c2)CCN1C(=O)O. The number of carbonyl (C=O) groups is 3. The van der Waals surface area contributed by atoms with E-state index in [0.717, 1.165) is 15.8 Å². The Morgan fingerprint density at radius 3 is 2.81 bits per heavy atom. The lowest BCUT2D eigenvalue weighted by Gasteiger charge is -2.39. The van der Waals surface area contributed by atoms with Gasteiger partial charge in [-0.2, -0.15) is 0 Å². The van der Waals surface area contributed by atoms with Crippen LogP contribution in [0.3, 0.4) is 0 Å². The largest absolute Gasteiger partial charge is 0.465 e. The van der Waals surface area contributed by atoms with Gasteiger partial charge in [0.25, 0.3) is 0 Å². The van der Waals surface area contributed by atoms with E-state index >= 15 is 0 Å². The third kappa shape index (κ3) is 3.73. The smallest absolute Gasteiger partial charge is 0.408 e. The normalized spacial score (nSPS) is 17.2. The number of rotatable bonds is 4. The Morgan fingerprint density at radius 2 is 2.11 bits per heavy atom. The molecule has 1 aliphatic rings. The summed E-state index contributed by atoms with van der Waals surface area (Å²) < 4.78 is 0. The zero-order valence-corrected chi connectivity index (χ0v) is 14.8. The highest BCUT2D eigenvalue weighted by atomic mass is 16.4. The summed E-state index contributed by atoms with van der Waals surface area (Å²) in [6, 6.07) is 4.40. The van der Waals surface area contributed by atoms with Crippen molar-refractivity contribution < 1.29 is 19.5 Å². The molecule has 1 fully saturated rings. The molecule has 10 heteroatoms. The minimum atomic E-state index is -1.21. The van der Waals surface area contributed by atoms with Crippen LogP contribution in [0.15, 0.2) is 24.5 Å². The zero-order chi connectivity index (χ0) is 19.6. The fourth-order valence-corrected chi connectivity index (χ4v) is 3.14. The number of carbonyl (C=O) groups excluding carboxylic acids is 2. The summed E-state index contributed by atoms with van der Waals surface area (Å²) in [7, 11) is 1.45. The van der Waals surface area contributed by atoms with Gasteiger partial charge >= 0.3 is 6.09 Å². The molecule has 3 rings (SSSR count). The van der Waals surface area contributed by atoms with E-state index in [0.29, 0.717) is 11.3 Å². The molecule has 0 aliphatic carbocycles. The van der Waals surface area contributed by atoms with Crippen molar-refractivity contribution in [1.29, 1.82) is 0 Å². The van der Waals surface area contributed by atoms with Crippen LogP contribution in [0.5, 0.6) is 0 Å². The molecule has 2 heterocycles. The van der Waals surface area contributed by atoms with Crippen molar-refractivity contribution in [2.45, 2.75) is 19.0 Å². The van der Waals surface area contributed by atoms with E-state index < -0.39 is 18.0 Å². The van der Waals surface area contributed by atoms with Gasteiger partial charge in [-0.25, -0.2) is 14.8 Å². The first-order valence-corrected chi connectivity index (χ1v) is 8.38. The minimum Gasteiger partial charge on any atom is -0.465 e. The van der Waals surface area contributed by atoms with Crippen molar-refractivity contribution in [1.82, 2.24) is 25.1 Å². The van der Waals surface area contributed by atoms with Crippen molar-refractivity contribution in [2.75, 3.05) is 25.9 Å². The second-order valence-corrected chi connectivity index (χ2v) is 6.24. The van der Waals surface area contributed by atoms with Gasteiger partial charge in [0.05, 0.1) is 11.9 Å². The summed E-state index contributed by atoms with van der Waals surface area (Å²) in [5.41, 5.74) is 7.31. The van der Waals surface area contributed by atoms with E-state index in [2.05, 4.69) is 15.3 Å². The van der Waals surface area contributed by atoms with E-state index in [9.17, 15) is 19.5 Å². The van der Waals surface area contributed by atoms with Crippen LogP contribution in [0.25, 0.3) is 10.9 Å². The van der Waals surface area contributed by atoms with E-state index in [1.807, 2.05) is 12.1 Å². The number of amides is 3. The zero-order valence-electron chi connectivity index (χ0n) is 14.8. The third-order valence-electron chi connectivity index (χ3n) is 4.59. The lowest BCUT2D eigenvalue weighted by molar-refractivity contribution is -0.143. The molecule has 4 N–H and O–H groups in total. The van der Waals surface area contributed by atoms with Crippen LogP contribution in [0, 0.1) is 0 Å². The molecule has 142 valence electrons. The van der Waals surface area contributed by atoms with Gasteiger partial charge in [-0.3, -0.25) is 14.5 Å². The molecule has 0 spiro atoms. The van der Waals surface area contributed by atoms with Gasteiger partial charge in [-0.05, 0) is 17.7 Å². The average molecular weight is 372 g/mol. The van der Waals surface area contributed by atoms with E-state index in [1.54, 1.807) is 11.0 Å². The quantitative estimate of drug-likeness (QED) is 0.688. The highest BCUT2D eigenvalue weighted by Crippen LogP contribution is 2.21. The van der Waals surface area contributed by atoms with Crippen LogP contribution in [0.4, 0.5) is 10.6 Å². The molecule has 1 aromatic carbocycles. The van der Waals surface area contributed by atoms with Gasteiger partial charge in [0, 0.05) is 32.1 Å². The van der Waals surface area contributed by atoms with Crippen LogP contribution in [-0.4, -0.2) is 69.0 Å². The van der Waals surface area contributed by atoms with Crippen LogP contribution in [0.2, 0.25) is 0 Å². The molecule has 3 amide bonds. The molecule has 1 unspecified atom stereocenters. The Balaban J connectivity index is 1.81. The van der Waals surface area contributed by atoms with Crippen molar-refractivity contribution in [3.8, 4) is 0 Å². The molecule has 2 aromatic rings. The number of anilines is 1. The maximum atomic E-state index is 12.8. The standard InChI is InChI=1S/C17H20N6O4/c1-19-14(24)7-13-16(25)22(4-5-23(13)17(26)27)8-10-2-3-11-12(6-10)20-9-21-15(11)18/h2-3,6,9,13H,4-5,7-8H2,1H3,(H,19,24)(H,26,27)(H2,18,20,21). The molecule has 1 aromatic heterocycles. The van der Waals surface area contributed by atoms with Gasteiger partial charge < -0.3 is 21.1 Å². The van der Waals surface area contributed by atoms with Gasteiger partial charge in [0.2, 0.25) is 11.8 Å². The summed E-state index contributed by atoms with van der Waals surface area (Å²) in [6.07, 6.45) is -0.0492. The second kappa shape index (κ2) is 7.44. The number of nitrogens with zero attached hydrogens (tertiary/aromatic N) is 4. The molecular weight excluding hydrogens is 352 g/mol. The van der Waals surface area contributed by atoms with Crippen LogP contribution >= 0.6 is 0 Å². The molecule has 0 bridgehead atoms. The van der Waals surface area contributed by atoms with Gasteiger partial charge in [0.15, 0.2) is 0 Å². The van der Waals surface area contributed by atoms with E-state index in [1.165, 1.54) is 13.4 Å². The predicted octanol–water partition coefficient (Wildman–Crippen LogP) is 0.0389. The van der Waals surface area contributed by atoms with Crippen LogP contribution in [-0.2, 0) is 16.1 Å². The van der Waals surface area contributed by atoms with Crippen LogP contribution < -0.4 is 11.1 Å². The Bertz CT molecular complexity index is 902. The van der Waals surface area contributed by atoms with Crippen molar-refractivity contribution in [3.05, 3.63) is 30.1 Å². The first kappa shape index (κ1) is 18.4. The molecule has 1 atom stereocenters. The van der Waals surface area contributed by atoms with Crippen molar-refractivity contribution >= 4 is 34.6 Å². The number of hydrogen-bond donors (Lipinski definition) is 3. The highest BCUT2D eigenvalue weighted by molar-refractivity contribution is 5.92. The summed E-state index contributed by atoms with van der Waals surface area (Å²) in [6.45, 7) is 0.682. The topological polar surface area (TPSA) is 142 Å². The summed E-state index contributed by atoms with van der Waals surface area (Å²) in [4.78, 5) is 46.6. The second-order valence-electron chi connectivity index (χ2n) is 6.24. The molecule has 27 heavy (non-hydrogen) atoms. The maximum absolute atomic E-state index is 12.8. The monoisotopic (exact) mass is 372 g/mol. The van der Waals surface area contributed by atoms with Crippen LogP contribution in [0.1, 0.15) is 12.0 Å². The Hall–Kier alpha value is -3.43. The molecular formula is C17H20N6O4. The van der Waals surface area contributed by atoms with Gasteiger partial charge in [-0.15, -0.1) is 0 Å². The Labute approximate surface area is 155 Å². The fourth-order valence-electron chi connectivity index (χ4n) is 3.14. The number of nitrogens with two attached hydrogens (primary N) is 1. The number of hydrogen-bond acceptors (Lipinski definition) is 6. The Morgan fingerprint density at radius 1 is 1.33 bits per heavy atom. The number of fused-ring (bicyclic) bond motifs is 1. The van der Waals surface area contributed by atoms with Gasteiger partial charge in [0.1, 0.15) is 18.2 Å². The average Bonchev–Trinajstić information content (AvgIpc) is 2.64. The fraction of sp³-hybridized carbons (Fsp3) is 0.353. The third-order valence-corrected chi connectivity index (χ3v) is 4.59. The maximum Gasteiger partial charge on any atom is 0.408 e. The van der Waals surface area contributed by atoms with E-state index in [-0.39, 0.29) is 32.0 Å². The summed E-state index contributed by atoms with van der Waals surface area (Å²) in [5, 5.41) is 12.5. The minimum absolute atomic E-state index is 0.144. The summed E-state index contributed by atoms with van der Waals surface area (Å²) >= 11 is 0. The molecule has 10 nitrogen and oxygen atoms in total. The van der Waals surface area contributed by atoms with E-state index in [4.69, 9.17) is 5.73 Å². The number of nitrogens with one attached hydrogen (secondary N) is 1. The number of carboxylic acid groups (broad SMARTS) is 1. The highest BCUT2D eigenvalue weighted by Gasteiger charge is 2.38. The molecule has 1 aliphatic heterocycles.